The Labute approximate surface area is 216 Å². The van der Waals surface area contributed by atoms with Gasteiger partial charge < -0.3 is 15.5 Å². The predicted octanol–water partition coefficient (Wildman–Crippen LogP) is 4.21. The van der Waals surface area contributed by atoms with Crippen LogP contribution in [0, 0.1) is 0 Å². The van der Waals surface area contributed by atoms with E-state index < -0.39 is 17.6 Å². The van der Waals surface area contributed by atoms with Crippen molar-refractivity contribution < 1.29 is 14.4 Å². The van der Waals surface area contributed by atoms with Gasteiger partial charge in [-0.3, -0.25) is 14.5 Å². The van der Waals surface area contributed by atoms with E-state index in [1.54, 1.807) is 35.2 Å². The molecule has 0 spiro atoms. The molecule has 0 saturated heterocycles. The first-order chi connectivity index (χ1) is 17.1. The van der Waals surface area contributed by atoms with Gasteiger partial charge in [0.2, 0.25) is 5.91 Å². The molecule has 2 atom stereocenters. The second kappa shape index (κ2) is 10.2. The first-order valence-corrected chi connectivity index (χ1v) is 12.3. The van der Waals surface area contributed by atoms with Gasteiger partial charge in [-0.05, 0) is 44.0 Å². The van der Waals surface area contributed by atoms with Gasteiger partial charge in [0.05, 0.1) is 23.9 Å². The van der Waals surface area contributed by atoms with E-state index in [-0.39, 0.29) is 30.9 Å². The minimum atomic E-state index is -0.753. The van der Waals surface area contributed by atoms with E-state index in [9.17, 15) is 14.4 Å². The van der Waals surface area contributed by atoms with Gasteiger partial charge in [0, 0.05) is 23.5 Å². The molecule has 2 aromatic rings. The summed E-state index contributed by atoms with van der Waals surface area (Å²) in [6.07, 6.45) is 1.97. The number of hydrogen-bond acceptors (Lipinski definition) is 3. The zero-order chi connectivity index (χ0) is 26.0. The van der Waals surface area contributed by atoms with Crippen LogP contribution in [0.3, 0.4) is 0 Å². The molecule has 0 radical (unpaired) electrons. The Kier molecular flexibility index (Phi) is 7.22. The van der Waals surface area contributed by atoms with Crippen molar-refractivity contribution in [2.24, 2.45) is 0 Å². The average Bonchev–Trinajstić information content (AvgIpc) is 3.16. The van der Waals surface area contributed by atoms with Crippen LogP contribution >= 0.6 is 11.6 Å². The highest BCUT2D eigenvalue weighted by Gasteiger charge is 2.47. The zero-order valence-corrected chi connectivity index (χ0v) is 21.5. The first kappa shape index (κ1) is 25.5. The lowest BCUT2D eigenvalue weighted by Crippen LogP contribution is -2.54. The summed E-state index contributed by atoms with van der Waals surface area (Å²) in [5.74, 6) is -0.513. The highest BCUT2D eigenvalue weighted by Crippen LogP contribution is 2.37. The topological polar surface area (TPSA) is 81.8 Å². The van der Waals surface area contributed by atoms with Gasteiger partial charge in [-0.25, -0.2) is 4.79 Å². The lowest BCUT2D eigenvalue weighted by Gasteiger charge is -2.33. The highest BCUT2D eigenvalue weighted by atomic mass is 35.5. The number of nitrogens with one attached hydrogen (secondary N) is 2. The Bertz CT molecular complexity index is 1200. The zero-order valence-electron chi connectivity index (χ0n) is 20.8. The van der Waals surface area contributed by atoms with E-state index in [1.165, 1.54) is 4.90 Å². The molecular weight excluding hydrogens is 476 g/mol. The van der Waals surface area contributed by atoms with Gasteiger partial charge in [0.25, 0.3) is 5.91 Å². The number of urea groups is 1. The molecule has 0 bridgehead atoms. The second-order valence-corrected chi connectivity index (χ2v) is 10.5. The third-order valence-corrected chi connectivity index (χ3v) is 6.47. The van der Waals surface area contributed by atoms with Crippen LogP contribution in [-0.2, 0) is 16.0 Å². The van der Waals surface area contributed by atoms with Crippen molar-refractivity contribution in [3.05, 3.63) is 94.7 Å². The maximum Gasteiger partial charge on any atom is 0.322 e. The monoisotopic (exact) mass is 506 g/mol. The fourth-order valence-corrected chi connectivity index (χ4v) is 4.75. The Balaban J connectivity index is 1.74. The number of hydrogen-bond donors (Lipinski definition) is 2. The van der Waals surface area contributed by atoms with Crippen LogP contribution in [-0.4, -0.2) is 52.3 Å². The largest absolute Gasteiger partial charge is 0.350 e. The summed E-state index contributed by atoms with van der Waals surface area (Å²) in [4.78, 5) is 43.7. The van der Waals surface area contributed by atoms with Crippen LogP contribution in [0.15, 0.2) is 78.5 Å². The molecule has 0 unspecified atom stereocenters. The molecule has 4 rings (SSSR count). The van der Waals surface area contributed by atoms with Gasteiger partial charge in [-0.15, -0.1) is 6.58 Å². The van der Waals surface area contributed by atoms with Gasteiger partial charge >= 0.3 is 6.03 Å². The van der Waals surface area contributed by atoms with E-state index in [4.69, 9.17) is 11.6 Å². The number of benzene rings is 2. The number of amides is 4. The molecule has 8 heteroatoms. The number of nitrogens with zero attached hydrogens (tertiary/aromatic N) is 2. The molecule has 4 amide bonds. The minimum Gasteiger partial charge on any atom is -0.350 e. The number of rotatable bonds is 7. The summed E-state index contributed by atoms with van der Waals surface area (Å²) in [5.41, 5.74) is 2.26. The fourth-order valence-electron chi connectivity index (χ4n) is 4.63. The van der Waals surface area contributed by atoms with E-state index in [0.29, 0.717) is 22.7 Å². The lowest BCUT2D eigenvalue weighted by molar-refractivity contribution is -0.137. The van der Waals surface area contributed by atoms with E-state index in [2.05, 4.69) is 17.2 Å². The van der Waals surface area contributed by atoms with Crippen LogP contribution in [0.4, 0.5) is 4.79 Å². The van der Waals surface area contributed by atoms with Crippen LogP contribution in [0.1, 0.15) is 37.9 Å². The standard InChI is InChI=1S/C28H31ClN4O3/c1-5-15-32-22-17-33(21(25(34)31-28(2,3)4)16-18-9-7-6-8-10-18)26(35)23(22)24(30-27(32)36)19-11-13-20(29)14-12-19/h5-14,21,24H,1,15-17H2,2-4H3,(H,30,36)(H,31,34)/t21-,24+/m1/s1. The molecule has 2 aliphatic heterocycles. The number of carbonyl (C=O) groups excluding carboxylic acids is 3. The van der Waals surface area contributed by atoms with Crippen molar-refractivity contribution >= 4 is 29.4 Å². The molecule has 36 heavy (non-hydrogen) atoms. The number of carbonyl (C=O) groups is 3. The van der Waals surface area contributed by atoms with Crippen LogP contribution in [0.5, 0.6) is 0 Å². The maximum absolute atomic E-state index is 14.0. The Hall–Kier alpha value is -3.58. The molecule has 0 saturated carbocycles. The predicted molar refractivity (Wildman–Crippen MR) is 140 cm³/mol. The van der Waals surface area contributed by atoms with Gasteiger partial charge in [0.1, 0.15) is 6.04 Å². The van der Waals surface area contributed by atoms with Crippen LogP contribution in [0.25, 0.3) is 0 Å². The summed E-state index contributed by atoms with van der Waals surface area (Å²) in [6, 6.07) is 14.9. The summed E-state index contributed by atoms with van der Waals surface area (Å²) >= 11 is 6.07. The van der Waals surface area contributed by atoms with Crippen molar-refractivity contribution in [2.45, 2.75) is 44.8 Å². The normalized spacial score (nSPS) is 18.6. The molecule has 2 heterocycles. The van der Waals surface area contributed by atoms with E-state index in [0.717, 1.165) is 11.1 Å². The van der Waals surface area contributed by atoms with Gasteiger partial charge in [0.15, 0.2) is 0 Å². The highest BCUT2D eigenvalue weighted by molar-refractivity contribution is 6.30. The molecule has 2 aromatic carbocycles. The molecule has 2 aliphatic rings. The molecular formula is C28H31ClN4O3. The lowest BCUT2D eigenvalue weighted by atomic mass is 9.95. The van der Waals surface area contributed by atoms with E-state index >= 15 is 0 Å². The smallest absolute Gasteiger partial charge is 0.322 e. The summed E-state index contributed by atoms with van der Waals surface area (Å²) in [6.45, 7) is 9.88. The summed E-state index contributed by atoms with van der Waals surface area (Å²) in [5, 5.41) is 6.55. The van der Waals surface area contributed by atoms with Crippen LogP contribution < -0.4 is 10.6 Å². The quantitative estimate of drug-likeness (QED) is 0.552. The molecule has 0 fully saturated rings. The van der Waals surface area contributed by atoms with Crippen molar-refractivity contribution in [3.8, 4) is 0 Å². The van der Waals surface area contributed by atoms with Crippen LogP contribution in [0.2, 0.25) is 5.02 Å². The second-order valence-electron chi connectivity index (χ2n) is 10.1. The Morgan fingerprint density at radius 1 is 1.17 bits per heavy atom. The minimum absolute atomic E-state index is 0.147. The Morgan fingerprint density at radius 2 is 1.83 bits per heavy atom. The first-order valence-electron chi connectivity index (χ1n) is 11.9. The SMILES string of the molecule is C=CCN1C(=O)N[C@@H](c2ccc(Cl)cc2)C2=C1CN([C@H](Cc1ccccc1)C(=O)NC(C)(C)C)C2=O. The summed E-state index contributed by atoms with van der Waals surface area (Å²) < 4.78 is 0. The van der Waals surface area contributed by atoms with Crippen molar-refractivity contribution in [1.29, 1.82) is 0 Å². The van der Waals surface area contributed by atoms with Gasteiger partial charge in [-0.2, -0.15) is 0 Å². The average molecular weight is 507 g/mol. The van der Waals surface area contributed by atoms with Crippen molar-refractivity contribution in [1.82, 2.24) is 20.4 Å². The van der Waals surface area contributed by atoms with Crippen molar-refractivity contribution in [3.63, 3.8) is 0 Å². The molecule has 0 aromatic heterocycles. The Morgan fingerprint density at radius 3 is 2.44 bits per heavy atom. The number of halogens is 1. The third-order valence-electron chi connectivity index (χ3n) is 6.21. The van der Waals surface area contributed by atoms with E-state index in [1.807, 2.05) is 51.1 Å². The van der Waals surface area contributed by atoms with Crippen molar-refractivity contribution in [2.75, 3.05) is 13.1 Å². The maximum atomic E-state index is 14.0. The molecule has 7 nitrogen and oxygen atoms in total. The molecule has 0 aliphatic carbocycles. The molecule has 188 valence electrons. The van der Waals surface area contributed by atoms with Gasteiger partial charge in [-0.1, -0.05) is 60.1 Å². The molecule has 2 N–H and O–H groups in total. The fraction of sp³-hybridized carbons (Fsp3) is 0.321. The third kappa shape index (κ3) is 5.31. The summed E-state index contributed by atoms with van der Waals surface area (Å²) in [7, 11) is 0.